The Labute approximate surface area is 237 Å². The summed E-state index contributed by atoms with van der Waals surface area (Å²) in [5, 5.41) is 3.52. The number of carbonyl (C=O) groups excluding carboxylic acids is 1. The number of rotatable bonds is 10. The Morgan fingerprint density at radius 2 is 1.73 bits per heavy atom. The van der Waals surface area contributed by atoms with Crippen molar-refractivity contribution in [1.82, 2.24) is 25.1 Å². The van der Waals surface area contributed by atoms with Crippen LogP contribution in [-0.4, -0.2) is 79.2 Å². The van der Waals surface area contributed by atoms with Crippen molar-refractivity contribution in [2.24, 2.45) is 0 Å². The fourth-order valence-electron chi connectivity index (χ4n) is 4.82. The lowest BCUT2D eigenvalue weighted by molar-refractivity contribution is 0.0951. The number of nitrogens with zero attached hydrogens (tertiary/aromatic N) is 4. The third-order valence-corrected chi connectivity index (χ3v) is 7.25. The van der Waals surface area contributed by atoms with Gasteiger partial charge in [-0.3, -0.25) is 4.79 Å². The molecule has 214 valence electrons. The lowest BCUT2D eigenvalue weighted by Gasteiger charge is -2.32. The average molecular weight is 562 g/mol. The van der Waals surface area contributed by atoms with Crippen LogP contribution in [0.4, 0.5) is 8.78 Å². The van der Waals surface area contributed by atoms with E-state index in [-0.39, 0.29) is 12.5 Å². The molecule has 0 unspecified atom stereocenters. The third kappa shape index (κ3) is 6.96. The number of hydrogen-bond donors (Lipinski definition) is 1. The molecular weight excluding hydrogens is 528 g/mol. The van der Waals surface area contributed by atoms with Crippen molar-refractivity contribution < 1.29 is 23.0 Å². The number of aromatic nitrogens is 2. The van der Waals surface area contributed by atoms with E-state index in [1.54, 1.807) is 19.2 Å². The van der Waals surface area contributed by atoms with Gasteiger partial charge in [0.2, 0.25) is 0 Å². The predicted molar refractivity (Wildman–Crippen MR) is 153 cm³/mol. The zero-order chi connectivity index (χ0) is 28.8. The van der Waals surface area contributed by atoms with E-state index in [0.29, 0.717) is 34.9 Å². The molecule has 5 rings (SSSR count). The molecule has 1 amide bonds. The van der Waals surface area contributed by atoms with E-state index in [2.05, 4.69) is 32.1 Å². The smallest absolute Gasteiger partial charge is 0.251 e. The Kier molecular flexibility index (Phi) is 9.01. The maximum Gasteiger partial charge on any atom is 0.251 e. The summed E-state index contributed by atoms with van der Waals surface area (Å²) >= 11 is 0. The van der Waals surface area contributed by atoms with E-state index in [0.717, 1.165) is 67.7 Å². The quantitative estimate of drug-likeness (QED) is 0.285. The van der Waals surface area contributed by atoms with Crippen molar-refractivity contribution in [2.45, 2.75) is 13.0 Å². The maximum absolute atomic E-state index is 13.4. The SMILES string of the molecule is COc1cc2c(-c3ccc(C(=O)NCc4ccc(F)c(F)c4)cc3)ncnc2cc1OCCCN1CCN(C)CC1. The van der Waals surface area contributed by atoms with Crippen LogP contribution in [0.5, 0.6) is 11.5 Å². The number of carbonyl (C=O) groups is 1. The van der Waals surface area contributed by atoms with Gasteiger partial charge in [-0.25, -0.2) is 18.7 Å². The molecule has 0 aliphatic carbocycles. The second kappa shape index (κ2) is 13.0. The number of halogens is 2. The molecule has 8 nitrogen and oxygen atoms in total. The fourth-order valence-corrected chi connectivity index (χ4v) is 4.82. The number of fused-ring (bicyclic) bond motifs is 1. The summed E-state index contributed by atoms with van der Waals surface area (Å²) in [7, 11) is 3.76. The van der Waals surface area contributed by atoms with Gasteiger partial charge in [0.15, 0.2) is 23.1 Å². The molecule has 0 spiro atoms. The van der Waals surface area contributed by atoms with Crippen LogP contribution in [0.15, 0.2) is 60.9 Å². The summed E-state index contributed by atoms with van der Waals surface area (Å²) in [5.74, 6) is -0.969. The van der Waals surface area contributed by atoms with Crippen molar-refractivity contribution >= 4 is 16.8 Å². The summed E-state index contributed by atoms with van der Waals surface area (Å²) in [6, 6.07) is 14.3. The number of amides is 1. The summed E-state index contributed by atoms with van der Waals surface area (Å²) in [6.45, 7) is 6.00. The highest BCUT2D eigenvalue weighted by Gasteiger charge is 2.16. The van der Waals surface area contributed by atoms with Crippen LogP contribution in [0.2, 0.25) is 0 Å². The van der Waals surface area contributed by atoms with Gasteiger partial charge >= 0.3 is 0 Å². The first-order valence-corrected chi connectivity index (χ1v) is 13.6. The third-order valence-electron chi connectivity index (χ3n) is 7.25. The minimum atomic E-state index is -0.949. The van der Waals surface area contributed by atoms with Crippen LogP contribution < -0.4 is 14.8 Å². The largest absolute Gasteiger partial charge is 0.493 e. The first-order valence-electron chi connectivity index (χ1n) is 13.6. The van der Waals surface area contributed by atoms with Crippen molar-refractivity contribution in [3.05, 3.63) is 83.7 Å². The van der Waals surface area contributed by atoms with Gasteiger partial charge in [0, 0.05) is 61.8 Å². The number of nitrogens with one attached hydrogen (secondary N) is 1. The number of benzene rings is 3. The standard InChI is InChI=1S/C31H33F2N5O3/c1-37-11-13-38(14-12-37)10-3-15-41-29-18-27-24(17-28(29)40-2)30(36-20-35-27)22-5-7-23(8-6-22)31(39)34-19-21-4-9-25(32)26(33)16-21/h4-9,16-18,20H,3,10-15,19H2,1-2H3,(H,34,39). The van der Waals surface area contributed by atoms with Gasteiger partial charge in [-0.15, -0.1) is 0 Å². The molecule has 1 fully saturated rings. The summed E-state index contributed by atoms with van der Waals surface area (Å²) < 4.78 is 38.3. The van der Waals surface area contributed by atoms with E-state index in [9.17, 15) is 13.6 Å². The van der Waals surface area contributed by atoms with Gasteiger partial charge in [0.05, 0.1) is 24.9 Å². The van der Waals surface area contributed by atoms with E-state index in [4.69, 9.17) is 9.47 Å². The van der Waals surface area contributed by atoms with Crippen LogP contribution in [0.3, 0.4) is 0 Å². The Morgan fingerprint density at radius 3 is 2.46 bits per heavy atom. The zero-order valence-electron chi connectivity index (χ0n) is 23.2. The molecule has 4 aromatic rings. The molecule has 1 aliphatic rings. The number of hydrogen-bond acceptors (Lipinski definition) is 7. The minimum Gasteiger partial charge on any atom is -0.493 e. The van der Waals surface area contributed by atoms with E-state index < -0.39 is 11.6 Å². The van der Waals surface area contributed by atoms with Gasteiger partial charge < -0.3 is 24.6 Å². The topological polar surface area (TPSA) is 79.8 Å². The first kappa shape index (κ1) is 28.4. The summed E-state index contributed by atoms with van der Waals surface area (Å²) in [4.78, 5) is 26.4. The molecule has 41 heavy (non-hydrogen) atoms. The van der Waals surface area contributed by atoms with Crippen LogP contribution in [0.1, 0.15) is 22.3 Å². The Hall–Kier alpha value is -4.15. The molecule has 1 saturated heterocycles. The average Bonchev–Trinajstić information content (AvgIpc) is 3.00. The zero-order valence-corrected chi connectivity index (χ0v) is 23.2. The van der Waals surface area contributed by atoms with Crippen LogP contribution >= 0.6 is 0 Å². The van der Waals surface area contributed by atoms with Crippen molar-refractivity contribution in [1.29, 1.82) is 0 Å². The van der Waals surface area contributed by atoms with Crippen LogP contribution in [0.25, 0.3) is 22.2 Å². The second-order valence-corrected chi connectivity index (χ2v) is 10.1. The van der Waals surface area contributed by atoms with E-state index in [1.807, 2.05) is 24.3 Å². The Morgan fingerprint density at radius 1 is 0.951 bits per heavy atom. The van der Waals surface area contributed by atoms with E-state index >= 15 is 0 Å². The fraction of sp³-hybridized carbons (Fsp3) is 0.323. The molecule has 0 saturated carbocycles. The predicted octanol–water partition coefficient (Wildman–Crippen LogP) is 4.53. The van der Waals surface area contributed by atoms with Gasteiger partial charge in [-0.2, -0.15) is 0 Å². The van der Waals surface area contributed by atoms with Crippen molar-refractivity contribution in [3.63, 3.8) is 0 Å². The number of piperazine rings is 1. The number of methoxy groups -OCH3 is 1. The monoisotopic (exact) mass is 561 g/mol. The molecule has 1 aromatic heterocycles. The minimum absolute atomic E-state index is 0.0778. The second-order valence-electron chi connectivity index (χ2n) is 10.1. The highest BCUT2D eigenvalue weighted by atomic mass is 19.2. The Balaban J connectivity index is 1.25. The first-order chi connectivity index (χ1) is 19.9. The van der Waals surface area contributed by atoms with Gasteiger partial charge in [0.1, 0.15) is 6.33 Å². The van der Waals surface area contributed by atoms with Gasteiger partial charge in [0.25, 0.3) is 5.91 Å². The van der Waals surface area contributed by atoms with Gasteiger partial charge in [-0.1, -0.05) is 18.2 Å². The molecule has 10 heteroatoms. The highest BCUT2D eigenvalue weighted by molar-refractivity contribution is 5.97. The molecule has 1 aliphatic heterocycles. The van der Waals surface area contributed by atoms with E-state index in [1.165, 1.54) is 12.4 Å². The molecule has 0 bridgehead atoms. The highest BCUT2D eigenvalue weighted by Crippen LogP contribution is 2.35. The molecular formula is C31H33F2N5O3. The maximum atomic E-state index is 13.4. The van der Waals surface area contributed by atoms with Crippen LogP contribution in [0, 0.1) is 11.6 Å². The molecule has 2 heterocycles. The molecule has 3 aromatic carbocycles. The summed E-state index contributed by atoms with van der Waals surface area (Å²) in [6.07, 6.45) is 2.42. The molecule has 0 radical (unpaired) electrons. The van der Waals surface area contributed by atoms with Gasteiger partial charge in [-0.05, 0) is 49.4 Å². The lowest BCUT2D eigenvalue weighted by Crippen LogP contribution is -2.44. The van der Waals surface area contributed by atoms with Crippen molar-refractivity contribution in [3.8, 4) is 22.8 Å². The summed E-state index contributed by atoms with van der Waals surface area (Å²) in [5.41, 5.74) is 3.12. The Bertz CT molecular complexity index is 1510. The normalized spacial score (nSPS) is 14.2. The molecule has 0 atom stereocenters. The molecule has 1 N–H and O–H groups in total. The number of ether oxygens (including phenoxy) is 2. The lowest BCUT2D eigenvalue weighted by atomic mass is 10.0. The van der Waals surface area contributed by atoms with Crippen LogP contribution in [-0.2, 0) is 6.54 Å². The van der Waals surface area contributed by atoms with Crippen molar-refractivity contribution in [2.75, 3.05) is 53.5 Å². The number of likely N-dealkylation sites (N-methyl/N-ethyl adjacent to an activating group) is 1.